The highest BCUT2D eigenvalue weighted by atomic mass is 16.6. The Kier molecular flexibility index (Phi) is 8.78. The van der Waals surface area contributed by atoms with Gasteiger partial charge in [0.05, 0.1) is 35.9 Å². The highest BCUT2D eigenvalue weighted by molar-refractivity contribution is 6.09. The molecule has 1 atom stereocenters. The molecular weight excluding hydrogens is 438 g/mol. The fraction of sp³-hybridized carbons (Fsp3) is 0.542. The zero-order valence-corrected chi connectivity index (χ0v) is 20.3. The summed E-state index contributed by atoms with van der Waals surface area (Å²) in [4.78, 5) is 21.9. The normalized spacial score (nSPS) is 12.9. The van der Waals surface area contributed by atoms with Crippen LogP contribution in [-0.2, 0) is 27.4 Å². The highest BCUT2D eigenvalue weighted by Gasteiger charge is 2.24. The molecule has 10 heteroatoms. The average molecular weight is 474 g/mol. The number of aromatic nitrogens is 3. The second kappa shape index (κ2) is 11.6. The summed E-state index contributed by atoms with van der Waals surface area (Å²) in [5.41, 5.74) is 6.57. The maximum absolute atomic E-state index is 12.5. The van der Waals surface area contributed by atoms with E-state index in [0.29, 0.717) is 36.6 Å². The highest BCUT2D eigenvalue weighted by Crippen LogP contribution is 2.31. The molecule has 1 unspecified atom stereocenters. The molecule has 0 bridgehead atoms. The lowest BCUT2D eigenvalue weighted by atomic mass is 10.1. The van der Waals surface area contributed by atoms with Gasteiger partial charge in [-0.3, -0.25) is 5.32 Å². The first-order valence-electron chi connectivity index (χ1n) is 11.6. The number of carbonyl (C=O) groups excluding carboxylic acids is 1. The number of amides is 1. The fourth-order valence-corrected chi connectivity index (χ4v) is 3.66. The summed E-state index contributed by atoms with van der Waals surface area (Å²) in [7, 11) is 0. The first kappa shape index (κ1) is 25.8. The van der Waals surface area contributed by atoms with Crippen molar-refractivity contribution in [3.8, 4) is 0 Å². The largest absolute Gasteiger partial charge is 0.447 e. The van der Waals surface area contributed by atoms with Crippen molar-refractivity contribution in [1.29, 1.82) is 0 Å². The van der Waals surface area contributed by atoms with E-state index in [4.69, 9.17) is 24.9 Å². The molecule has 0 aliphatic rings. The molecule has 10 nitrogen and oxygen atoms in total. The predicted molar refractivity (Wildman–Crippen MR) is 131 cm³/mol. The van der Waals surface area contributed by atoms with Gasteiger partial charge in [0, 0.05) is 18.5 Å². The van der Waals surface area contributed by atoms with Crippen LogP contribution in [0.5, 0.6) is 0 Å². The SMILES string of the molecule is CCOCc1nc2c(NC(=O)OCCOC(CC)CN)nc3ccccc3c2n1CC(C)(C)O. The number of para-hydroxylation sites is 1. The second-order valence-electron chi connectivity index (χ2n) is 8.64. The Morgan fingerprint density at radius 3 is 2.68 bits per heavy atom. The maximum atomic E-state index is 12.5. The smallest absolute Gasteiger partial charge is 0.412 e. The lowest BCUT2D eigenvalue weighted by molar-refractivity contribution is 0.0271. The summed E-state index contributed by atoms with van der Waals surface area (Å²) < 4.78 is 18.4. The number of carbonyl (C=O) groups is 1. The molecule has 186 valence electrons. The van der Waals surface area contributed by atoms with E-state index < -0.39 is 11.7 Å². The van der Waals surface area contributed by atoms with E-state index in [1.165, 1.54) is 0 Å². The number of fused-ring (bicyclic) bond motifs is 3. The van der Waals surface area contributed by atoms with Crippen LogP contribution in [0.25, 0.3) is 21.9 Å². The van der Waals surface area contributed by atoms with Crippen molar-refractivity contribution in [3.05, 3.63) is 30.1 Å². The summed E-state index contributed by atoms with van der Waals surface area (Å²) in [5, 5.41) is 14.1. The number of hydrogen-bond donors (Lipinski definition) is 3. The van der Waals surface area contributed by atoms with Crippen molar-refractivity contribution in [3.63, 3.8) is 0 Å². The van der Waals surface area contributed by atoms with E-state index in [1.54, 1.807) is 13.8 Å². The van der Waals surface area contributed by atoms with E-state index in [0.717, 1.165) is 17.3 Å². The zero-order chi connectivity index (χ0) is 24.7. The van der Waals surface area contributed by atoms with Gasteiger partial charge in [0.1, 0.15) is 24.6 Å². The number of pyridine rings is 1. The minimum atomic E-state index is -0.995. The number of hydrogen-bond acceptors (Lipinski definition) is 8. The molecule has 4 N–H and O–H groups in total. The molecule has 0 saturated heterocycles. The van der Waals surface area contributed by atoms with Gasteiger partial charge in [-0.25, -0.2) is 14.8 Å². The Bertz CT molecular complexity index is 1100. The molecule has 1 amide bonds. The van der Waals surface area contributed by atoms with Crippen molar-refractivity contribution in [1.82, 2.24) is 14.5 Å². The van der Waals surface area contributed by atoms with Crippen molar-refractivity contribution in [2.24, 2.45) is 5.73 Å². The molecule has 0 radical (unpaired) electrons. The third-order valence-corrected chi connectivity index (χ3v) is 5.25. The predicted octanol–water partition coefficient (Wildman–Crippen LogP) is 3.19. The Balaban J connectivity index is 1.94. The third kappa shape index (κ3) is 6.41. The summed E-state index contributed by atoms with van der Waals surface area (Å²) >= 11 is 0. The second-order valence-corrected chi connectivity index (χ2v) is 8.64. The van der Waals surface area contributed by atoms with Crippen molar-refractivity contribution in [2.75, 3.05) is 31.7 Å². The number of imidazole rings is 1. The van der Waals surface area contributed by atoms with Gasteiger partial charge in [-0.15, -0.1) is 0 Å². The van der Waals surface area contributed by atoms with Gasteiger partial charge in [0.2, 0.25) is 0 Å². The Labute approximate surface area is 199 Å². The molecule has 2 heterocycles. The summed E-state index contributed by atoms with van der Waals surface area (Å²) in [6.45, 7) is 9.19. The van der Waals surface area contributed by atoms with Crippen LogP contribution in [-0.4, -0.2) is 63.8 Å². The molecule has 0 aliphatic heterocycles. The van der Waals surface area contributed by atoms with E-state index in [2.05, 4.69) is 10.3 Å². The Morgan fingerprint density at radius 2 is 2.00 bits per heavy atom. The van der Waals surface area contributed by atoms with E-state index in [9.17, 15) is 9.90 Å². The molecule has 3 rings (SSSR count). The number of benzene rings is 1. The number of anilines is 1. The van der Waals surface area contributed by atoms with Crippen LogP contribution in [0, 0.1) is 0 Å². The number of rotatable bonds is 12. The summed E-state index contributed by atoms with van der Waals surface area (Å²) in [6, 6.07) is 7.60. The molecule has 2 aromatic heterocycles. The lowest BCUT2D eigenvalue weighted by Gasteiger charge is -2.20. The first-order valence-corrected chi connectivity index (χ1v) is 11.6. The van der Waals surface area contributed by atoms with Crippen LogP contribution in [0.4, 0.5) is 10.6 Å². The molecule has 0 aliphatic carbocycles. The lowest BCUT2D eigenvalue weighted by Crippen LogP contribution is -2.27. The standard InChI is InChI=1S/C24H35N5O5/c1-5-16(13-25)33-11-12-34-23(30)28-22-20-21(17-9-7-8-10-18(17)26-22)29(15-24(3,4)31)19(27-20)14-32-6-2/h7-10,16,31H,5-6,11-15,25H2,1-4H3,(H,26,28,30). The van der Waals surface area contributed by atoms with Gasteiger partial charge in [0.15, 0.2) is 5.82 Å². The molecule has 0 fully saturated rings. The molecule has 0 spiro atoms. The van der Waals surface area contributed by atoms with Crippen LogP contribution < -0.4 is 11.1 Å². The number of ether oxygens (including phenoxy) is 3. The molecular formula is C24H35N5O5. The van der Waals surface area contributed by atoms with Crippen molar-refractivity contribution < 1.29 is 24.1 Å². The number of aliphatic hydroxyl groups is 1. The molecule has 3 aromatic rings. The zero-order valence-electron chi connectivity index (χ0n) is 20.3. The molecule has 1 aromatic carbocycles. The third-order valence-electron chi connectivity index (χ3n) is 5.25. The number of nitrogens with two attached hydrogens (primary N) is 1. The maximum Gasteiger partial charge on any atom is 0.412 e. The minimum absolute atomic E-state index is 0.0584. The molecule has 34 heavy (non-hydrogen) atoms. The Morgan fingerprint density at radius 1 is 1.24 bits per heavy atom. The van der Waals surface area contributed by atoms with Gasteiger partial charge in [-0.1, -0.05) is 25.1 Å². The monoisotopic (exact) mass is 473 g/mol. The molecule has 0 saturated carbocycles. The van der Waals surface area contributed by atoms with Crippen molar-refractivity contribution in [2.45, 2.75) is 59.0 Å². The van der Waals surface area contributed by atoms with Crippen molar-refractivity contribution >= 4 is 33.8 Å². The Hall–Kier alpha value is -2.79. The van der Waals surface area contributed by atoms with Gasteiger partial charge in [0.25, 0.3) is 0 Å². The topological polar surface area (TPSA) is 134 Å². The average Bonchev–Trinajstić information content (AvgIpc) is 3.15. The van der Waals surface area contributed by atoms with E-state index in [1.807, 2.05) is 42.7 Å². The van der Waals surface area contributed by atoms with Crippen LogP contribution in [0.2, 0.25) is 0 Å². The number of nitrogens with zero attached hydrogens (tertiary/aromatic N) is 3. The van der Waals surface area contributed by atoms with Gasteiger partial charge in [-0.05, 0) is 33.3 Å². The van der Waals surface area contributed by atoms with Crippen LogP contribution in [0.3, 0.4) is 0 Å². The van der Waals surface area contributed by atoms with E-state index >= 15 is 0 Å². The quantitative estimate of drug-likeness (QED) is 0.342. The number of nitrogens with one attached hydrogen (secondary N) is 1. The fourth-order valence-electron chi connectivity index (χ4n) is 3.66. The van der Waals surface area contributed by atoms with Gasteiger partial charge in [-0.2, -0.15) is 0 Å². The summed E-state index contributed by atoms with van der Waals surface area (Å²) in [6.07, 6.45) is 0.0767. The van der Waals surface area contributed by atoms with Gasteiger partial charge < -0.3 is 29.6 Å². The van der Waals surface area contributed by atoms with Crippen LogP contribution >= 0.6 is 0 Å². The summed E-state index contributed by atoms with van der Waals surface area (Å²) in [5.74, 6) is 0.912. The van der Waals surface area contributed by atoms with Crippen LogP contribution in [0.15, 0.2) is 24.3 Å². The van der Waals surface area contributed by atoms with E-state index in [-0.39, 0.29) is 31.7 Å². The van der Waals surface area contributed by atoms with Gasteiger partial charge >= 0.3 is 6.09 Å². The minimum Gasteiger partial charge on any atom is -0.447 e. The first-order chi connectivity index (χ1) is 16.3. The van der Waals surface area contributed by atoms with Crippen LogP contribution in [0.1, 0.15) is 39.9 Å².